The standard InChI is InChI=1S/C20H19N5O3/c1-12-18(19(21)25(23-12)16-9-5-6-10-22-16)13-11-17(26)24(20(13)27)14-7-3-4-8-15(14)28-2/h3-10,13H,11,21H2,1-2H3/t13-/m1/s1. The quantitative estimate of drug-likeness (QED) is 0.699. The first-order chi connectivity index (χ1) is 13.5. The van der Waals surface area contributed by atoms with Crippen LogP contribution in [0.2, 0.25) is 0 Å². The zero-order chi connectivity index (χ0) is 19.8. The number of rotatable bonds is 4. The fraction of sp³-hybridized carbons (Fsp3) is 0.200. The third-order valence-corrected chi connectivity index (χ3v) is 4.83. The van der Waals surface area contributed by atoms with E-state index in [0.29, 0.717) is 34.3 Å². The summed E-state index contributed by atoms with van der Waals surface area (Å²) < 4.78 is 6.80. The van der Waals surface area contributed by atoms with Crippen LogP contribution in [0.4, 0.5) is 11.5 Å². The Morgan fingerprint density at radius 1 is 1.14 bits per heavy atom. The summed E-state index contributed by atoms with van der Waals surface area (Å²) in [5, 5.41) is 4.44. The molecule has 1 aliphatic rings. The maximum atomic E-state index is 13.2. The number of nitrogen functional groups attached to an aromatic ring is 1. The first-order valence-electron chi connectivity index (χ1n) is 8.79. The normalized spacial score (nSPS) is 16.6. The van der Waals surface area contributed by atoms with Crippen molar-refractivity contribution < 1.29 is 14.3 Å². The van der Waals surface area contributed by atoms with E-state index < -0.39 is 5.92 Å². The van der Waals surface area contributed by atoms with Gasteiger partial charge in [0.15, 0.2) is 5.82 Å². The fourth-order valence-electron chi connectivity index (χ4n) is 3.57. The summed E-state index contributed by atoms with van der Waals surface area (Å²) in [5.74, 6) is -0.0284. The van der Waals surface area contributed by atoms with Crippen LogP contribution in [-0.2, 0) is 9.59 Å². The SMILES string of the molecule is COc1ccccc1N1C(=O)C[C@H](c2c(C)nn(-c3ccccn3)c2N)C1=O. The molecule has 0 radical (unpaired) electrons. The van der Waals surface area contributed by atoms with E-state index in [9.17, 15) is 9.59 Å². The first kappa shape index (κ1) is 17.7. The van der Waals surface area contributed by atoms with Crippen molar-refractivity contribution in [2.45, 2.75) is 19.3 Å². The van der Waals surface area contributed by atoms with Gasteiger partial charge >= 0.3 is 0 Å². The zero-order valence-corrected chi connectivity index (χ0v) is 15.5. The molecule has 2 amide bonds. The Labute approximate surface area is 161 Å². The average molecular weight is 377 g/mol. The van der Waals surface area contributed by atoms with Crippen LogP contribution < -0.4 is 15.4 Å². The molecule has 4 rings (SSSR count). The Hall–Kier alpha value is -3.68. The van der Waals surface area contributed by atoms with E-state index >= 15 is 0 Å². The Kier molecular flexibility index (Phi) is 4.31. The summed E-state index contributed by atoms with van der Waals surface area (Å²) in [5.41, 5.74) is 7.89. The Bertz CT molecular complexity index is 1060. The van der Waals surface area contributed by atoms with Gasteiger partial charge in [-0.25, -0.2) is 9.88 Å². The zero-order valence-electron chi connectivity index (χ0n) is 15.5. The third-order valence-electron chi connectivity index (χ3n) is 4.83. The number of nitrogens with two attached hydrogens (primary N) is 1. The molecule has 1 aliphatic heterocycles. The molecule has 2 aromatic heterocycles. The van der Waals surface area contributed by atoms with Crippen LogP contribution in [0.3, 0.4) is 0 Å². The van der Waals surface area contributed by atoms with Gasteiger partial charge in [-0.2, -0.15) is 9.78 Å². The van der Waals surface area contributed by atoms with E-state index in [1.807, 2.05) is 6.07 Å². The molecule has 0 bridgehead atoms. The molecule has 1 saturated heterocycles. The van der Waals surface area contributed by atoms with E-state index in [4.69, 9.17) is 10.5 Å². The van der Waals surface area contributed by atoms with Crippen LogP contribution in [0.25, 0.3) is 5.82 Å². The lowest BCUT2D eigenvalue weighted by Crippen LogP contribution is -2.30. The highest BCUT2D eigenvalue weighted by molar-refractivity contribution is 6.23. The summed E-state index contributed by atoms with van der Waals surface area (Å²) in [7, 11) is 1.50. The van der Waals surface area contributed by atoms with Crippen molar-refractivity contribution in [3.8, 4) is 11.6 Å². The molecule has 0 unspecified atom stereocenters. The van der Waals surface area contributed by atoms with Crippen LogP contribution in [0.15, 0.2) is 48.7 Å². The van der Waals surface area contributed by atoms with E-state index in [1.54, 1.807) is 49.5 Å². The second kappa shape index (κ2) is 6.80. The lowest BCUT2D eigenvalue weighted by molar-refractivity contribution is -0.121. The summed E-state index contributed by atoms with van der Waals surface area (Å²) in [4.78, 5) is 31.3. The summed E-state index contributed by atoms with van der Waals surface area (Å²) >= 11 is 0. The van der Waals surface area contributed by atoms with Gasteiger partial charge in [0, 0.05) is 18.2 Å². The molecule has 2 N–H and O–H groups in total. The minimum absolute atomic E-state index is 0.0236. The second-order valence-corrected chi connectivity index (χ2v) is 6.48. The minimum Gasteiger partial charge on any atom is -0.495 e. The number of hydrogen-bond acceptors (Lipinski definition) is 6. The number of anilines is 2. The molecule has 0 aliphatic carbocycles. The number of pyridine rings is 1. The molecule has 3 aromatic rings. The van der Waals surface area contributed by atoms with Crippen molar-refractivity contribution >= 4 is 23.3 Å². The average Bonchev–Trinajstić information content (AvgIpc) is 3.16. The molecule has 3 heterocycles. The van der Waals surface area contributed by atoms with Gasteiger partial charge in [0.05, 0.1) is 24.4 Å². The van der Waals surface area contributed by atoms with E-state index in [2.05, 4.69) is 10.1 Å². The van der Waals surface area contributed by atoms with Crippen LogP contribution in [0.1, 0.15) is 23.6 Å². The predicted octanol–water partition coefficient (Wildman–Crippen LogP) is 2.21. The molecular formula is C20H19N5O3. The van der Waals surface area contributed by atoms with Crippen molar-refractivity contribution in [1.29, 1.82) is 0 Å². The molecule has 0 spiro atoms. The van der Waals surface area contributed by atoms with Crippen molar-refractivity contribution in [3.05, 3.63) is 59.9 Å². The lowest BCUT2D eigenvalue weighted by atomic mass is 9.97. The minimum atomic E-state index is -0.699. The predicted molar refractivity (Wildman–Crippen MR) is 103 cm³/mol. The highest BCUT2D eigenvalue weighted by Gasteiger charge is 2.44. The third kappa shape index (κ3) is 2.70. The fourth-order valence-corrected chi connectivity index (χ4v) is 3.57. The smallest absolute Gasteiger partial charge is 0.242 e. The molecular weight excluding hydrogens is 358 g/mol. The first-order valence-corrected chi connectivity index (χ1v) is 8.79. The van der Waals surface area contributed by atoms with Gasteiger partial charge in [-0.1, -0.05) is 18.2 Å². The Morgan fingerprint density at radius 2 is 1.89 bits per heavy atom. The number of para-hydroxylation sites is 2. The van der Waals surface area contributed by atoms with Gasteiger partial charge < -0.3 is 10.5 Å². The summed E-state index contributed by atoms with van der Waals surface area (Å²) in [6, 6.07) is 12.3. The lowest BCUT2D eigenvalue weighted by Gasteiger charge is -2.18. The van der Waals surface area contributed by atoms with E-state index in [1.165, 1.54) is 16.7 Å². The second-order valence-electron chi connectivity index (χ2n) is 6.48. The Morgan fingerprint density at radius 3 is 2.61 bits per heavy atom. The van der Waals surface area contributed by atoms with Crippen LogP contribution >= 0.6 is 0 Å². The van der Waals surface area contributed by atoms with Gasteiger partial charge in [-0.05, 0) is 31.2 Å². The number of ether oxygens (including phenoxy) is 1. The highest BCUT2D eigenvalue weighted by atomic mass is 16.5. The number of amides is 2. The molecule has 1 fully saturated rings. The number of hydrogen-bond donors (Lipinski definition) is 1. The maximum Gasteiger partial charge on any atom is 0.242 e. The topological polar surface area (TPSA) is 103 Å². The van der Waals surface area contributed by atoms with E-state index in [0.717, 1.165) is 0 Å². The molecule has 0 saturated carbocycles. The monoisotopic (exact) mass is 377 g/mol. The van der Waals surface area contributed by atoms with Crippen molar-refractivity contribution in [3.63, 3.8) is 0 Å². The molecule has 1 aromatic carbocycles. The summed E-state index contributed by atoms with van der Waals surface area (Å²) in [6.07, 6.45) is 1.66. The number of benzene rings is 1. The van der Waals surface area contributed by atoms with Gasteiger partial charge in [-0.3, -0.25) is 9.59 Å². The number of nitrogens with zero attached hydrogens (tertiary/aromatic N) is 4. The van der Waals surface area contributed by atoms with Gasteiger partial charge in [-0.15, -0.1) is 0 Å². The molecule has 8 nitrogen and oxygen atoms in total. The van der Waals surface area contributed by atoms with Gasteiger partial charge in [0.25, 0.3) is 0 Å². The van der Waals surface area contributed by atoms with E-state index in [-0.39, 0.29) is 18.2 Å². The number of aryl methyl sites for hydroxylation is 1. The number of methoxy groups -OCH3 is 1. The summed E-state index contributed by atoms with van der Waals surface area (Å²) in [6.45, 7) is 1.77. The van der Waals surface area contributed by atoms with Crippen molar-refractivity contribution in [1.82, 2.24) is 14.8 Å². The number of imide groups is 1. The number of carbonyl (C=O) groups is 2. The van der Waals surface area contributed by atoms with Crippen LogP contribution in [-0.4, -0.2) is 33.7 Å². The highest BCUT2D eigenvalue weighted by Crippen LogP contribution is 2.40. The van der Waals surface area contributed by atoms with Gasteiger partial charge in [0.2, 0.25) is 11.8 Å². The Balaban J connectivity index is 1.75. The van der Waals surface area contributed by atoms with Crippen molar-refractivity contribution in [2.24, 2.45) is 0 Å². The molecule has 142 valence electrons. The molecule has 8 heteroatoms. The number of aromatic nitrogens is 3. The van der Waals surface area contributed by atoms with Crippen LogP contribution in [0, 0.1) is 6.92 Å². The maximum absolute atomic E-state index is 13.2. The number of carbonyl (C=O) groups excluding carboxylic acids is 2. The van der Waals surface area contributed by atoms with Crippen LogP contribution in [0.5, 0.6) is 5.75 Å². The molecule has 28 heavy (non-hydrogen) atoms. The van der Waals surface area contributed by atoms with Crippen molar-refractivity contribution in [2.75, 3.05) is 17.7 Å². The van der Waals surface area contributed by atoms with Gasteiger partial charge in [0.1, 0.15) is 11.6 Å². The molecule has 1 atom stereocenters. The largest absolute Gasteiger partial charge is 0.495 e.